The van der Waals surface area contributed by atoms with Gasteiger partial charge in [-0.3, -0.25) is 4.98 Å². The van der Waals surface area contributed by atoms with Gasteiger partial charge in [-0.15, -0.1) is 0 Å². The highest BCUT2D eigenvalue weighted by Crippen LogP contribution is 2.26. The Bertz CT molecular complexity index is 770. The van der Waals surface area contributed by atoms with E-state index in [0.29, 0.717) is 10.1 Å². The molecule has 2 heterocycles. The van der Waals surface area contributed by atoms with Crippen molar-refractivity contribution >= 4 is 27.4 Å². The zero-order valence-electron chi connectivity index (χ0n) is 12.9. The Hall–Kier alpha value is -1.60. The van der Waals surface area contributed by atoms with Gasteiger partial charge in [-0.2, -0.15) is 11.8 Å². The summed E-state index contributed by atoms with van der Waals surface area (Å²) in [5.41, 5.74) is 1.58. The first kappa shape index (κ1) is 16.3. The minimum atomic E-state index is -3.18. The van der Waals surface area contributed by atoms with E-state index in [2.05, 4.69) is 15.3 Å². The quantitative estimate of drug-likeness (QED) is 0.895. The van der Waals surface area contributed by atoms with E-state index in [9.17, 15) is 8.42 Å². The highest BCUT2D eigenvalue weighted by Gasteiger charge is 2.15. The van der Waals surface area contributed by atoms with E-state index < -0.39 is 9.84 Å². The van der Waals surface area contributed by atoms with Crippen molar-refractivity contribution < 1.29 is 8.42 Å². The molecule has 0 aliphatic carbocycles. The second kappa shape index (κ2) is 6.88. The molecule has 0 amide bonds. The first-order chi connectivity index (χ1) is 11.0. The number of rotatable bonds is 5. The third-order valence-electron chi connectivity index (χ3n) is 3.75. The Morgan fingerprint density at radius 2 is 2.04 bits per heavy atom. The fourth-order valence-electron chi connectivity index (χ4n) is 2.49. The summed E-state index contributed by atoms with van der Waals surface area (Å²) >= 11 is 2.00. The highest BCUT2D eigenvalue weighted by atomic mass is 32.2. The summed E-state index contributed by atoms with van der Waals surface area (Å²) in [5, 5.41) is 3.99. The van der Waals surface area contributed by atoms with Gasteiger partial charge in [-0.05, 0) is 30.7 Å². The maximum atomic E-state index is 11.5. The number of hydrogen-bond donors (Lipinski definition) is 1. The lowest BCUT2D eigenvalue weighted by atomic mass is 10.2. The van der Waals surface area contributed by atoms with Gasteiger partial charge in [0.05, 0.1) is 23.0 Å². The SMILES string of the molecule is CS(=O)(=O)c1ccc(-c2cncc(NC[C@H]3CCCS3)n2)cc1. The lowest BCUT2D eigenvalue weighted by Gasteiger charge is -2.11. The molecule has 122 valence electrons. The van der Waals surface area contributed by atoms with Gasteiger partial charge in [0, 0.05) is 23.6 Å². The maximum Gasteiger partial charge on any atom is 0.175 e. The third-order valence-corrected chi connectivity index (χ3v) is 6.27. The summed E-state index contributed by atoms with van der Waals surface area (Å²) in [7, 11) is -3.18. The zero-order valence-corrected chi connectivity index (χ0v) is 14.5. The summed E-state index contributed by atoms with van der Waals surface area (Å²) in [6, 6.07) is 6.72. The van der Waals surface area contributed by atoms with E-state index in [1.165, 1.54) is 24.9 Å². The molecule has 0 bridgehead atoms. The number of anilines is 1. The first-order valence-electron chi connectivity index (χ1n) is 7.50. The van der Waals surface area contributed by atoms with Crippen molar-refractivity contribution in [3.05, 3.63) is 36.7 Å². The van der Waals surface area contributed by atoms with Crippen LogP contribution in [0.5, 0.6) is 0 Å². The topological polar surface area (TPSA) is 72.0 Å². The summed E-state index contributed by atoms with van der Waals surface area (Å²) < 4.78 is 23.0. The Kier molecular flexibility index (Phi) is 4.87. The lowest BCUT2D eigenvalue weighted by molar-refractivity contribution is 0.602. The van der Waals surface area contributed by atoms with Crippen molar-refractivity contribution in [1.29, 1.82) is 0 Å². The number of nitrogens with zero attached hydrogens (tertiary/aromatic N) is 2. The van der Waals surface area contributed by atoms with Crippen molar-refractivity contribution in [3.8, 4) is 11.3 Å². The fourth-order valence-corrected chi connectivity index (χ4v) is 4.32. The molecular formula is C16H19N3O2S2. The summed E-state index contributed by atoms with van der Waals surface area (Å²) in [4.78, 5) is 9.10. The molecule has 0 saturated carbocycles. The maximum absolute atomic E-state index is 11.5. The van der Waals surface area contributed by atoms with Crippen LogP contribution in [0.3, 0.4) is 0 Å². The number of benzene rings is 1. The molecule has 5 nitrogen and oxygen atoms in total. The molecule has 7 heteroatoms. The second-order valence-corrected chi connectivity index (χ2v) is 9.03. The van der Waals surface area contributed by atoms with Crippen molar-refractivity contribution in [2.75, 3.05) is 23.9 Å². The smallest absolute Gasteiger partial charge is 0.175 e. The molecule has 1 saturated heterocycles. The lowest BCUT2D eigenvalue weighted by Crippen LogP contribution is -2.14. The van der Waals surface area contributed by atoms with Gasteiger partial charge in [-0.25, -0.2) is 13.4 Å². The average molecular weight is 349 g/mol. The van der Waals surface area contributed by atoms with Crippen LogP contribution >= 0.6 is 11.8 Å². The zero-order chi connectivity index (χ0) is 16.3. The molecule has 1 aromatic carbocycles. The Morgan fingerprint density at radius 1 is 1.26 bits per heavy atom. The average Bonchev–Trinajstić information content (AvgIpc) is 3.06. The largest absolute Gasteiger partial charge is 0.368 e. The third kappa shape index (κ3) is 4.23. The predicted molar refractivity (Wildman–Crippen MR) is 94.5 cm³/mol. The summed E-state index contributed by atoms with van der Waals surface area (Å²) in [6.07, 6.45) is 7.14. The first-order valence-corrected chi connectivity index (χ1v) is 10.4. The summed E-state index contributed by atoms with van der Waals surface area (Å²) in [6.45, 7) is 0.899. The van der Waals surface area contributed by atoms with Crippen molar-refractivity contribution in [3.63, 3.8) is 0 Å². The van der Waals surface area contributed by atoms with Crippen LogP contribution in [0.2, 0.25) is 0 Å². The summed E-state index contributed by atoms with van der Waals surface area (Å²) in [5.74, 6) is 1.99. The van der Waals surface area contributed by atoms with E-state index >= 15 is 0 Å². The fraction of sp³-hybridized carbons (Fsp3) is 0.375. The van der Waals surface area contributed by atoms with Gasteiger partial charge < -0.3 is 5.32 Å². The van der Waals surface area contributed by atoms with Crippen LogP contribution in [0.15, 0.2) is 41.6 Å². The van der Waals surface area contributed by atoms with Gasteiger partial charge >= 0.3 is 0 Å². The van der Waals surface area contributed by atoms with E-state index in [-0.39, 0.29) is 0 Å². The van der Waals surface area contributed by atoms with Crippen LogP contribution in [-0.2, 0) is 9.84 Å². The highest BCUT2D eigenvalue weighted by molar-refractivity contribution is 8.00. The molecule has 1 N–H and O–H groups in total. The molecule has 0 spiro atoms. The van der Waals surface area contributed by atoms with E-state index in [4.69, 9.17) is 0 Å². The molecule has 3 rings (SSSR count). The number of sulfone groups is 1. The van der Waals surface area contributed by atoms with Gasteiger partial charge in [0.1, 0.15) is 5.82 Å². The molecular weight excluding hydrogens is 330 g/mol. The van der Waals surface area contributed by atoms with Crippen molar-refractivity contribution in [2.45, 2.75) is 23.0 Å². The predicted octanol–water partition coefficient (Wildman–Crippen LogP) is 2.85. The van der Waals surface area contributed by atoms with Crippen molar-refractivity contribution in [2.24, 2.45) is 0 Å². The van der Waals surface area contributed by atoms with E-state index in [1.54, 1.807) is 36.7 Å². The van der Waals surface area contributed by atoms with Gasteiger partial charge in [0.15, 0.2) is 9.84 Å². The van der Waals surface area contributed by atoms with Crippen LogP contribution in [0, 0.1) is 0 Å². The molecule has 1 fully saturated rings. The molecule has 1 aromatic heterocycles. The van der Waals surface area contributed by atoms with Crippen LogP contribution in [0.25, 0.3) is 11.3 Å². The normalized spacial score (nSPS) is 18.0. The van der Waals surface area contributed by atoms with Gasteiger partial charge in [0.25, 0.3) is 0 Å². The minimum absolute atomic E-state index is 0.307. The number of aromatic nitrogens is 2. The molecule has 0 unspecified atom stereocenters. The number of hydrogen-bond acceptors (Lipinski definition) is 6. The molecule has 2 aromatic rings. The molecule has 1 aliphatic heterocycles. The Balaban J connectivity index is 1.73. The van der Waals surface area contributed by atoms with E-state index in [1.807, 2.05) is 11.8 Å². The Labute approximate surface area is 140 Å². The van der Waals surface area contributed by atoms with Gasteiger partial charge in [0.2, 0.25) is 0 Å². The molecule has 1 atom stereocenters. The molecule has 1 aliphatic rings. The number of nitrogens with one attached hydrogen (secondary N) is 1. The van der Waals surface area contributed by atoms with Crippen LogP contribution in [0.4, 0.5) is 5.82 Å². The van der Waals surface area contributed by atoms with Gasteiger partial charge in [-0.1, -0.05) is 12.1 Å². The monoisotopic (exact) mass is 349 g/mol. The van der Waals surface area contributed by atoms with E-state index in [0.717, 1.165) is 23.6 Å². The Morgan fingerprint density at radius 3 is 2.70 bits per heavy atom. The number of thioether (sulfide) groups is 1. The minimum Gasteiger partial charge on any atom is -0.368 e. The second-order valence-electron chi connectivity index (χ2n) is 5.60. The van der Waals surface area contributed by atoms with Crippen molar-refractivity contribution in [1.82, 2.24) is 9.97 Å². The molecule has 0 radical (unpaired) electrons. The molecule has 23 heavy (non-hydrogen) atoms. The van der Waals surface area contributed by atoms with Crippen LogP contribution in [0.1, 0.15) is 12.8 Å². The van der Waals surface area contributed by atoms with Crippen LogP contribution in [-0.4, -0.2) is 42.2 Å². The standard InChI is InChI=1S/C16H19N3O2S2/c1-23(20,21)14-6-4-12(5-7-14)15-10-17-11-16(19-15)18-9-13-3-2-8-22-13/h4-7,10-11,13H,2-3,8-9H2,1H3,(H,18,19)/t13-/m1/s1. The van der Waals surface area contributed by atoms with Crippen LogP contribution < -0.4 is 5.32 Å².